The molecule has 0 radical (unpaired) electrons. The molecule has 49 heavy (non-hydrogen) atoms. The van der Waals surface area contributed by atoms with E-state index >= 15 is 0 Å². The lowest BCUT2D eigenvalue weighted by Gasteiger charge is -2.32. The van der Waals surface area contributed by atoms with Crippen molar-refractivity contribution < 1.29 is 38.4 Å². The van der Waals surface area contributed by atoms with Gasteiger partial charge in [0, 0.05) is 48.1 Å². The lowest BCUT2D eigenvalue weighted by atomic mass is 9.81. The average Bonchev–Trinajstić information content (AvgIpc) is 3.49. The highest BCUT2D eigenvalue weighted by molar-refractivity contribution is 6.01. The summed E-state index contributed by atoms with van der Waals surface area (Å²) in [5, 5.41) is 15.9. The number of ether oxygens (including phenoxy) is 5. The highest BCUT2D eigenvalue weighted by Crippen LogP contribution is 2.45. The Kier molecular flexibility index (Phi) is 12.5. The third kappa shape index (κ3) is 9.43. The molecule has 4 rings (SSSR count). The number of amides is 1. The van der Waals surface area contributed by atoms with Crippen LogP contribution in [0.5, 0.6) is 17.2 Å². The van der Waals surface area contributed by atoms with Crippen molar-refractivity contribution in [1.29, 1.82) is 0 Å². The predicted octanol–water partition coefficient (Wildman–Crippen LogP) is 5.97. The summed E-state index contributed by atoms with van der Waals surface area (Å²) in [4.78, 5) is 35.6. The first kappa shape index (κ1) is 36.6. The number of carbonyl (C=O) groups excluding carboxylic acids is 2. The van der Waals surface area contributed by atoms with Gasteiger partial charge in [0.15, 0.2) is 11.6 Å². The second-order valence-corrected chi connectivity index (χ2v) is 12.3. The summed E-state index contributed by atoms with van der Waals surface area (Å²) in [5.74, 6) is 0.913. The zero-order valence-corrected chi connectivity index (χ0v) is 28.5. The molecule has 0 saturated carbocycles. The molecule has 0 aromatic heterocycles. The van der Waals surface area contributed by atoms with Crippen LogP contribution in [0.15, 0.2) is 76.8 Å². The summed E-state index contributed by atoms with van der Waals surface area (Å²) in [6.07, 6.45) is -0.705. The lowest BCUT2D eigenvalue weighted by Crippen LogP contribution is -2.48. The van der Waals surface area contributed by atoms with Crippen molar-refractivity contribution in [2.75, 3.05) is 27.4 Å². The Morgan fingerprint density at radius 2 is 1.78 bits per heavy atom. The second kappa shape index (κ2) is 16.7. The van der Waals surface area contributed by atoms with E-state index < -0.39 is 29.1 Å². The molecular weight excluding hydrogens is 630 g/mol. The first-order valence-corrected chi connectivity index (χ1v) is 15.9. The van der Waals surface area contributed by atoms with Gasteiger partial charge in [-0.2, -0.15) is 0 Å². The first-order valence-electron chi connectivity index (χ1n) is 15.9. The summed E-state index contributed by atoms with van der Waals surface area (Å²) < 4.78 is 28.7. The van der Waals surface area contributed by atoms with Crippen LogP contribution in [0.3, 0.4) is 0 Å². The van der Waals surface area contributed by atoms with Crippen molar-refractivity contribution in [3.8, 4) is 17.2 Å². The Labute approximate surface area is 285 Å². The van der Waals surface area contributed by atoms with Crippen LogP contribution in [0.1, 0.15) is 68.4 Å². The van der Waals surface area contributed by atoms with Gasteiger partial charge in [0.05, 0.1) is 27.4 Å². The number of rotatable bonds is 16. The number of aliphatic hydroxyl groups is 1. The normalized spacial score (nSPS) is 16.9. The van der Waals surface area contributed by atoms with Gasteiger partial charge in [-0.05, 0) is 80.2 Å². The van der Waals surface area contributed by atoms with E-state index in [9.17, 15) is 9.59 Å². The standard InChI is InChI=1S/C36H43N5O8/c1-35(2,3)49-31(43)17-18-36(34(44)38-22-26-13-16-28(45-4)21-30(26)46-5)32(29-10-7-6-9-25(29)23-39-41-37)48-33(40-36)24-11-14-27(15-12-24)47-20-8-19-42/h6-7,9-16,21,32,42H,8,17-20,22-23H2,1-5H3,(H,38,44)/t32-,36-/m1/s1. The van der Waals surface area contributed by atoms with Crippen molar-refractivity contribution in [1.82, 2.24) is 5.32 Å². The smallest absolute Gasteiger partial charge is 0.306 e. The Morgan fingerprint density at radius 1 is 1.04 bits per heavy atom. The van der Waals surface area contributed by atoms with Gasteiger partial charge in [0.1, 0.15) is 22.8 Å². The molecular formula is C36H43N5O8. The van der Waals surface area contributed by atoms with Gasteiger partial charge in [-0.15, -0.1) is 0 Å². The third-order valence-electron chi connectivity index (χ3n) is 7.74. The number of aliphatic imine (C=N–C) groups is 1. The zero-order chi connectivity index (χ0) is 35.4. The van der Waals surface area contributed by atoms with Crippen LogP contribution < -0.4 is 19.5 Å². The molecule has 13 heteroatoms. The number of hydrogen-bond acceptors (Lipinski definition) is 10. The predicted molar refractivity (Wildman–Crippen MR) is 182 cm³/mol. The van der Waals surface area contributed by atoms with Gasteiger partial charge in [-0.1, -0.05) is 29.4 Å². The zero-order valence-electron chi connectivity index (χ0n) is 28.5. The van der Waals surface area contributed by atoms with Crippen LogP contribution in [0.4, 0.5) is 0 Å². The minimum Gasteiger partial charge on any atom is -0.497 e. The fourth-order valence-corrected chi connectivity index (χ4v) is 5.40. The summed E-state index contributed by atoms with van der Waals surface area (Å²) in [6.45, 7) is 5.78. The van der Waals surface area contributed by atoms with Gasteiger partial charge in [-0.3, -0.25) is 9.59 Å². The number of nitrogens with zero attached hydrogens (tertiary/aromatic N) is 4. The molecule has 1 aliphatic rings. The van der Waals surface area contributed by atoms with Gasteiger partial charge >= 0.3 is 5.97 Å². The van der Waals surface area contributed by atoms with Crippen LogP contribution in [-0.2, 0) is 32.2 Å². The average molecular weight is 674 g/mol. The molecule has 0 unspecified atom stereocenters. The third-order valence-corrected chi connectivity index (χ3v) is 7.74. The van der Waals surface area contributed by atoms with Crippen molar-refractivity contribution in [3.05, 3.63) is 99.4 Å². The van der Waals surface area contributed by atoms with Crippen molar-refractivity contribution in [2.45, 2.75) is 70.4 Å². The van der Waals surface area contributed by atoms with Crippen LogP contribution >= 0.6 is 0 Å². The molecule has 13 nitrogen and oxygen atoms in total. The fraction of sp³-hybridized carbons (Fsp3) is 0.417. The van der Waals surface area contributed by atoms with Crippen molar-refractivity contribution in [3.63, 3.8) is 0 Å². The molecule has 2 atom stereocenters. The molecule has 2 N–H and O–H groups in total. The van der Waals surface area contributed by atoms with E-state index in [-0.39, 0.29) is 38.4 Å². The summed E-state index contributed by atoms with van der Waals surface area (Å²) in [6, 6.07) is 19.5. The summed E-state index contributed by atoms with van der Waals surface area (Å²) in [5.41, 5.74) is 9.21. The van der Waals surface area contributed by atoms with Gasteiger partial charge in [0.2, 0.25) is 5.90 Å². The van der Waals surface area contributed by atoms with Gasteiger partial charge in [0.25, 0.3) is 5.91 Å². The fourth-order valence-electron chi connectivity index (χ4n) is 5.40. The van der Waals surface area contributed by atoms with Crippen molar-refractivity contribution >= 4 is 17.8 Å². The quantitative estimate of drug-likeness (QED) is 0.0615. The Hall–Kier alpha value is -5.26. The van der Waals surface area contributed by atoms with Crippen LogP contribution in [-0.4, -0.2) is 61.5 Å². The first-order chi connectivity index (χ1) is 23.5. The van der Waals surface area contributed by atoms with E-state index in [1.165, 1.54) is 7.11 Å². The number of azide groups is 1. The highest BCUT2D eigenvalue weighted by atomic mass is 16.6. The number of aliphatic hydroxyl groups excluding tert-OH is 1. The molecule has 1 heterocycles. The van der Waals surface area contributed by atoms with Crippen LogP contribution in [0.25, 0.3) is 10.4 Å². The van der Waals surface area contributed by atoms with Crippen LogP contribution in [0.2, 0.25) is 0 Å². The molecule has 0 bridgehead atoms. The van der Waals surface area contributed by atoms with E-state index in [1.54, 1.807) is 94.6 Å². The lowest BCUT2D eigenvalue weighted by molar-refractivity contribution is -0.155. The minimum absolute atomic E-state index is 0.00849. The molecule has 1 aliphatic heterocycles. The Bertz CT molecular complexity index is 1680. The summed E-state index contributed by atoms with van der Waals surface area (Å²) >= 11 is 0. The highest BCUT2D eigenvalue weighted by Gasteiger charge is 2.53. The number of methoxy groups -OCH3 is 2. The molecule has 3 aromatic rings. The van der Waals surface area contributed by atoms with E-state index in [4.69, 9.17) is 39.3 Å². The van der Waals surface area contributed by atoms with Crippen LogP contribution in [0, 0.1) is 0 Å². The van der Waals surface area contributed by atoms with E-state index in [0.29, 0.717) is 52.5 Å². The van der Waals surface area contributed by atoms with Gasteiger partial charge in [-0.25, -0.2) is 4.99 Å². The topological polar surface area (TPSA) is 174 Å². The molecule has 0 saturated heterocycles. The second-order valence-electron chi connectivity index (χ2n) is 12.3. The maximum absolute atomic E-state index is 14.6. The number of benzene rings is 3. The van der Waals surface area contributed by atoms with E-state index in [2.05, 4.69) is 15.3 Å². The maximum Gasteiger partial charge on any atom is 0.306 e. The number of hydrogen-bond donors (Lipinski definition) is 2. The monoisotopic (exact) mass is 673 g/mol. The van der Waals surface area contributed by atoms with E-state index in [1.807, 2.05) is 0 Å². The Morgan fingerprint density at radius 3 is 2.45 bits per heavy atom. The van der Waals surface area contributed by atoms with Gasteiger partial charge < -0.3 is 34.1 Å². The molecule has 3 aromatic carbocycles. The molecule has 1 amide bonds. The van der Waals surface area contributed by atoms with Crippen molar-refractivity contribution in [2.24, 2.45) is 10.1 Å². The molecule has 260 valence electrons. The molecule has 0 aliphatic carbocycles. The SMILES string of the molecule is COc1ccc(CNC(=O)[C@]2(CCC(=O)OC(C)(C)C)N=C(c3ccc(OCCCO)cc3)O[C@@H]2c2ccccc2CN=[N+]=[N-])c(OC)c1. The Balaban J connectivity index is 1.80. The minimum atomic E-state index is -1.64. The molecule has 0 fully saturated rings. The molecule has 0 spiro atoms. The van der Waals surface area contributed by atoms with E-state index in [0.717, 1.165) is 0 Å². The maximum atomic E-state index is 14.6. The summed E-state index contributed by atoms with van der Waals surface area (Å²) in [7, 11) is 3.08. The largest absolute Gasteiger partial charge is 0.497 e. The number of nitrogens with one attached hydrogen (secondary N) is 1. The number of esters is 1. The number of carbonyl (C=O) groups is 2.